The quantitative estimate of drug-likeness (QED) is 0.557. The molecular formula is C21H22ClN5O4S. The fraction of sp³-hybridized carbons (Fsp3) is 0.333. The van der Waals surface area contributed by atoms with Crippen LogP contribution in [0.4, 0.5) is 5.82 Å². The molecule has 1 aliphatic heterocycles. The summed E-state index contributed by atoms with van der Waals surface area (Å²) in [5, 5.41) is 1.32. The Kier molecular flexibility index (Phi) is 6.73. The van der Waals surface area contributed by atoms with Crippen molar-refractivity contribution < 1.29 is 19.1 Å². The molecule has 2 N–H and O–H groups in total. The highest BCUT2D eigenvalue weighted by atomic mass is 35.5. The second-order valence-corrected chi connectivity index (χ2v) is 9.04. The first kappa shape index (κ1) is 22.3. The Balaban J connectivity index is 1.44. The number of carbonyl (C=O) groups excluding carboxylic acids is 2. The molecule has 9 nitrogen and oxygen atoms in total. The Morgan fingerprint density at radius 3 is 2.91 bits per heavy atom. The first-order chi connectivity index (χ1) is 15.4. The topological polar surface area (TPSA) is 111 Å². The van der Waals surface area contributed by atoms with Gasteiger partial charge in [0, 0.05) is 25.6 Å². The monoisotopic (exact) mass is 475 g/mol. The maximum atomic E-state index is 13.0. The number of methoxy groups -OCH3 is 1. The second kappa shape index (κ2) is 9.68. The van der Waals surface area contributed by atoms with Gasteiger partial charge in [-0.15, -0.1) is 0 Å². The number of thiophene rings is 1. The van der Waals surface area contributed by atoms with Gasteiger partial charge in [0.05, 0.1) is 29.0 Å². The van der Waals surface area contributed by atoms with Crippen LogP contribution in [0.3, 0.4) is 0 Å². The molecule has 11 heteroatoms. The maximum absolute atomic E-state index is 13.0. The number of rotatable bonds is 7. The van der Waals surface area contributed by atoms with Crippen LogP contribution in [0.25, 0.3) is 10.9 Å². The number of aromatic nitrogens is 2. The van der Waals surface area contributed by atoms with E-state index in [1.165, 1.54) is 22.6 Å². The first-order valence-electron chi connectivity index (χ1n) is 9.88. The average Bonchev–Trinajstić information content (AvgIpc) is 3.19. The Morgan fingerprint density at radius 2 is 2.16 bits per heavy atom. The third-order valence-electron chi connectivity index (χ3n) is 5.20. The standard InChI is InChI=1S/C21H22ClN5O4S/c1-30-10-14-8-26(19(29)11-31-20-5-4-17(22)32-20)9-18(28)27(14)7-13-2-3-15-16(6-13)24-12-25-21(15)23/h2-6,12,14H,7-11H2,1H3,(H2,23,24,25). The average molecular weight is 476 g/mol. The molecular weight excluding hydrogens is 454 g/mol. The Hall–Kier alpha value is -2.95. The summed E-state index contributed by atoms with van der Waals surface area (Å²) in [4.78, 5) is 37.1. The van der Waals surface area contributed by atoms with E-state index in [0.29, 0.717) is 40.4 Å². The molecule has 2 amide bonds. The van der Waals surface area contributed by atoms with Crippen LogP contribution in [-0.2, 0) is 20.9 Å². The molecule has 0 saturated carbocycles. The van der Waals surface area contributed by atoms with Crippen molar-refractivity contribution in [3.8, 4) is 5.06 Å². The SMILES string of the molecule is COCC1CN(C(=O)COc2ccc(Cl)s2)CC(=O)N1Cc1ccc2c(N)ncnc2c1. The van der Waals surface area contributed by atoms with Crippen molar-refractivity contribution in [2.24, 2.45) is 0 Å². The number of halogens is 1. The van der Waals surface area contributed by atoms with E-state index >= 15 is 0 Å². The van der Waals surface area contributed by atoms with Gasteiger partial charge in [-0.2, -0.15) is 0 Å². The summed E-state index contributed by atoms with van der Waals surface area (Å²) < 4.78 is 11.4. The number of ether oxygens (including phenoxy) is 2. The predicted molar refractivity (Wildman–Crippen MR) is 122 cm³/mol. The van der Waals surface area contributed by atoms with Gasteiger partial charge in [0.15, 0.2) is 11.7 Å². The number of amides is 2. The summed E-state index contributed by atoms with van der Waals surface area (Å²) in [6, 6.07) is 8.77. The lowest BCUT2D eigenvalue weighted by molar-refractivity contribution is -0.151. The largest absolute Gasteiger partial charge is 0.474 e. The van der Waals surface area contributed by atoms with E-state index in [4.69, 9.17) is 26.8 Å². The van der Waals surface area contributed by atoms with Crippen molar-refractivity contribution in [3.63, 3.8) is 0 Å². The number of nitrogens with zero attached hydrogens (tertiary/aromatic N) is 4. The van der Waals surface area contributed by atoms with Crippen LogP contribution < -0.4 is 10.5 Å². The number of piperazine rings is 1. The first-order valence-corrected chi connectivity index (χ1v) is 11.1. The molecule has 1 aliphatic rings. The molecule has 3 heterocycles. The van der Waals surface area contributed by atoms with Gasteiger partial charge in [-0.05, 0) is 29.8 Å². The lowest BCUT2D eigenvalue weighted by Gasteiger charge is -2.40. The second-order valence-electron chi connectivity index (χ2n) is 7.36. The third-order valence-corrected chi connectivity index (χ3v) is 6.34. The Morgan fingerprint density at radius 1 is 1.31 bits per heavy atom. The molecule has 4 rings (SSSR count). The predicted octanol–water partition coefficient (Wildman–Crippen LogP) is 2.19. The van der Waals surface area contributed by atoms with E-state index in [9.17, 15) is 9.59 Å². The zero-order valence-corrected chi connectivity index (χ0v) is 18.9. The van der Waals surface area contributed by atoms with Crippen LogP contribution in [0.1, 0.15) is 5.56 Å². The van der Waals surface area contributed by atoms with Crippen molar-refractivity contribution in [2.45, 2.75) is 12.6 Å². The number of fused-ring (bicyclic) bond motifs is 1. The molecule has 0 spiro atoms. The summed E-state index contributed by atoms with van der Waals surface area (Å²) in [6.45, 7) is 0.861. The highest BCUT2D eigenvalue weighted by Gasteiger charge is 2.35. The van der Waals surface area contributed by atoms with E-state index in [1.807, 2.05) is 18.2 Å². The number of nitrogen functional groups attached to an aromatic ring is 1. The normalized spacial score (nSPS) is 16.6. The number of carbonyl (C=O) groups is 2. The van der Waals surface area contributed by atoms with Crippen molar-refractivity contribution >= 4 is 51.5 Å². The van der Waals surface area contributed by atoms with Crippen LogP contribution in [0, 0.1) is 0 Å². The fourth-order valence-electron chi connectivity index (χ4n) is 3.64. The molecule has 1 aromatic carbocycles. The summed E-state index contributed by atoms with van der Waals surface area (Å²) in [5.74, 6) is -0.0105. The van der Waals surface area contributed by atoms with Gasteiger partial charge < -0.3 is 25.0 Å². The van der Waals surface area contributed by atoms with Gasteiger partial charge in [-0.1, -0.05) is 29.0 Å². The van der Waals surface area contributed by atoms with Crippen molar-refractivity contribution in [2.75, 3.05) is 39.1 Å². The molecule has 1 unspecified atom stereocenters. The van der Waals surface area contributed by atoms with Crippen molar-refractivity contribution in [1.82, 2.24) is 19.8 Å². The van der Waals surface area contributed by atoms with Gasteiger partial charge in [0.25, 0.3) is 5.91 Å². The molecule has 0 aliphatic carbocycles. The summed E-state index contributed by atoms with van der Waals surface area (Å²) in [6.07, 6.45) is 1.41. The molecule has 168 valence electrons. The lowest BCUT2D eigenvalue weighted by Crippen LogP contribution is -2.59. The van der Waals surface area contributed by atoms with Crippen LogP contribution in [0.2, 0.25) is 4.34 Å². The molecule has 2 aromatic heterocycles. The smallest absolute Gasteiger partial charge is 0.261 e. The van der Waals surface area contributed by atoms with Crippen molar-refractivity contribution in [3.05, 3.63) is 46.6 Å². The van der Waals surface area contributed by atoms with Crippen LogP contribution in [0.15, 0.2) is 36.7 Å². The molecule has 0 radical (unpaired) electrons. The van der Waals surface area contributed by atoms with E-state index < -0.39 is 0 Å². The maximum Gasteiger partial charge on any atom is 0.261 e. The van der Waals surface area contributed by atoms with E-state index in [1.54, 1.807) is 24.1 Å². The van der Waals surface area contributed by atoms with E-state index in [0.717, 1.165) is 10.9 Å². The minimum absolute atomic E-state index is 0.0176. The molecule has 0 bridgehead atoms. The number of nitrogens with two attached hydrogens (primary N) is 1. The Bertz CT molecular complexity index is 1140. The number of hydrogen-bond acceptors (Lipinski definition) is 8. The zero-order valence-electron chi connectivity index (χ0n) is 17.4. The van der Waals surface area contributed by atoms with Crippen LogP contribution in [0.5, 0.6) is 5.06 Å². The van der Waals surface area contributed by atoms with Crippen LogP contribution in [-0.4, -0.2) is 71.0 Å². The van der Waals surface area contributed by atoms with E-state index in [2.05, 4.69) is 9.97 Å². The minimum Gasteiger partial charge on any atom is -0.474 e. The fourth-order valence-corrected chi connectivity index (χ4v) is 4.51. The number of hydrogen-bond donors (Lipinski definition) is 1. The molecule has 32 heavy (non-hydrogen) atoms. The van der Waals surface area contributed by atoms with Gasteiger partial charge in [0.1, 0.15) is 12.1 Å². The zero-order chi connectivity index (χ0) is 22.7. The third kappa shape index (κ3) is 4.93. The molecule has 1 fully saturated rings. The number of anilines is 1. The minimum atomic E-state index is -0.285. The molecule has 1 atom stereocenters. The van der Waals surface area contributed by atoms with Crippen molar-refractivity contribution in [1.29, 1.82) is 0 Å². The highest BCUT2D eigenvalue weighted by molar-refractivity contribution is 7.17. The van der Waals surface area contributed by atoms with Crippen LogP contribution >= 0.6 is 22.9 Å². The van der Waals surface area contributed by atoms with Gasteiger partial charge in [-0.3, -0.25) is 9.59 Å². The summed E-state index contributed by atoms with van der Waals surface area (Å²) >= 11 is 7.13. The highest BCUT2D eigenvalue weighted by Crippen LogP contribution is 2.28. The van der Waals surface area contributed by atoms with Gasteiger partial charge in [-0.25, -0.2) is 9.97 Å². The molecule has 3 aromatic rings. The lowest BCUT2D eigenvalue weighted by atomic mass is 10.1. The molecule has 1 saturated heterocycles. The Labute approximate surface area is 193 Å². The van der Waals surface area contributed by atoms with Gasteiger partial charge in [0.2, 0.25) is 5.91 Å². The van der Waals surface area contributed by atoms with Gasteiger partial charge >= 0.3 is 0 Å². The summed E-state index contributed by atoms with van der Waals surface area (Å²) in [5.41, 5.74) is 7.51. The van der Waals surface area contributed by atoms with E-state index in [-0.39, 0.29) is 31.0 Å². The number of benzene rings is 1. The summed E-state index contributed by atoms with van der Waals surface area (Å²) in [7, 11) is 1.57.